The zero-order chi connectivity index (χ0) is 28.1. The van der Waals surface area contributed by atoms with E-state index in [4.69, 9.17) is 4.74 Å². The van der Waals surface area contributed by atoms with Crippen molar-refractivity contribution in [2.45, 2.75) is 42.7 Å². The molecule has 210 valence electrons. The molecule has 3 aromatic carbocycles. The summed E-state index contributed by atoms with van der Waals surface area (Å²) in [5.74, 6) is 0.444. The molecule has 0 radical (unpaired) electrons. The molecule has 0 spiro atoms. The van der Waals surface area contributed by atoms with Gasteiger partial charge in [0.1, 0.15) is 22.6 Å². The number of methoxy groups -OCH3 is 1. The van der Waals surface area contributed by atoms with Crippen molar-refractivity contribution in [3.63, 3.8) is 0 Å². The Morgan fingerprint density at radius 1 is 1.18 bits per heavy atom. The van der Waals surface area contributed by atoms with E-state index < -0.39 is 11.0 Å². The minimum Gasteiger partial charge on any atom is -0.376 e. The van der Waals surface area contributed by atoms with E-state index in [2.05, 4.69) is 20.7 Å². The number of benzene rings is 3. The lowest BCUT2D eigenvalue weighted by Crippen LogP contribution is -2.41. The summed E-state index contributed by atoms with van der Waals surface area (Å²) in [4.78, 5) is 22.9. The molecule has 9 heteroatoms. The number of halogens is 1. The van der Waals surface area contributed by atoms with E-state index in [1.807, 2.05) is 49.5 Å². The summed E-state index contributed by atoms with van der Waals surface area (Å²) in [6, 6.07) is 21.4. The van der Waals surface area contributed by atoms with Crippen molar-refractivity contribution in [3.8, 4) is 0 Å². The number of nitrogens with zero attached hydrogens (tertiary/aromatic N) is 3. The Balaban J connectivity index is 1.43. The van der Waals surface area contributed by atoms with Crippen molar-refractivity contribution in [3.05, 3.63) is 95.3 Å². The lowest BCUT2D eigenvalue weighted by atomic mass is 9.87. The first-order valence-corrected chi connectivity index (χ1v) is 14.8. The Bertz CT molecular complexity index is 1380. The second-order valence-electron chi connectivity index (χ2n) is 10.2. The molecule has 1 amide bonds. The summed E-state index contributed by atoms with van der Waals surface area (Å²) >= 11 is 0. The molecule has 0 saturated heterocycles. The molecule has 0 saturated carbocycles. The first kappa shape index (κ1) is 28.1. The summed E-state index contributed by atoms with van der Waals surface area (Å²) in [6.45, 7) is 1.90. The predicted octanol–water partition coefficient (Wildman–Crippen LogP) is 4.97. The van der Waals surface area contributed by atoms with Gasteiger partial charge in [-0.1, -0.05) is 36.4 Å². The molecular formula is C31H35FN4O3S. The Morgan fingerprint density at radius 2 is 1.95 bits per heavy atom. The summed E-state index contributed by atoms with van der Waals surface area (Å²) in [7, 11) is 2.12. The Labute approximate surface area is 237 Å². The molecule has 1 aliphatic carbocycles. The van der Waals surface area contributed by atoms with Crippen molar-refractivity contribution in [1.29, 1.82) is 0 Å². The number of ether oxygens (including phenoxy) is 1. The SMILES string of the molecule is COC(CC(=O)N(CC1=NCCN1C)c1ccc2c(c1)[C@H](NS(=O)c1ccc(F)cc1)CCC2)c1ccccc1. The van der Waals surface area contributed by atoms with E-state index in [1.165, 1.54) is 29.8 Å². The Morgan fingerprint density at radius 3 is 2.65 bits per heavy atom. The van der Waals surface area contributed by atoms with Crippen LogP contribution in [0, 0.1) is 5.82 Å². The van der Waals surface area contributed by atoms with Crippen LogP contribution < -0.4 is 9.62 Å². The van der Waals surface area contributed by atoms with Crippen molar-refractivity contribution in [2.24, 2.45) is 4.99 Å². The van der Waals surface area contributed by atoms with Gasteiger partial charge in [-0.15, -0.1) is 0 Å². The van der Waals surface area contributed by atoms with E-state index in [0.717, 1.165) is 48.5 Å². The van der Waals surface area contributed by atoms with Gasteiger partial charge < -0.3 is 14.5 Å². The van der Waals surface area contributed by atoms with Gasteiger partial charge >= 0.3 is 0 Å². The number of hydrogen-bond acceptors (Lipinski definition) is 5. The number of carbonyl (C=O) groups excluding carboxylic acids is 1. The van der Waals surface area contributed by atoms with Crippen LogP contribution in [-0.4, -0.2) is 54.6 Å². The third-order valence-electron chi connectivity index (χ3n) is 7.62. The lowest BCUT2D eigenvalue weighted by Gasteiger charge is -2.30. The maximum absolute atomic E-state index is 13.9. The topological polar surface area (TPSA) is 74.2 Å². The molecule has 2 aliphatic rings. The van der Waals surface area contributed by atoms with Crippen LogP contribution in [0.2, 0.25) is 0 Å². The van der Waals surface area contributed by atoms with Gasteiger partial charge in [0, 0.05) is 32.4 Å². The van der Waals surface area contributed by atoms with Gasteiger partial charge in [0.05, 0.1) is 30.5 Å². The van der Waals surface area contributed by atoms with Gasteiger partial charge in [0.2, 0.25) is 5.91 Å². The number of anilines is 1. The smallest absolute Gasteiger partial charge is 0.230 e. The quantitative estimate of drug-likeness (QED) is 0.379. The number of nitrogens with one attached hydrogen (secondary N) is 1. The molecule has 1 aliphatic heterocycles. The number of carbonyl (C=O) groups is 1. The molecule has 0 bridgehead atoms. The fourth-order valence-corrected chi connectivity index (χ4v) is 6.34. The average molecular weight is 563 g/mol. The number of aryl methyl sites for hydroxylation is 1. The summed E-state index contributed by atoms with van der Waals surface area (Å²) in [5.41, 5.74) is 3.93. The zero-order valence-corrected chi connectivity index (χ0v) is 23.7. The predicted molar refractivity (Wildman–Crippen MR) is 156 cm³/mol. The summed E-state index contributed by atoms with van der Waals surface area (Å²) in [5, 5.41) is 0. The number of amides is 1. The van der Waals surface area contributed by atoms with Crippen molar-refractivity contribution >= 4 is 28.4 Å². The van der Waals surface area contributed by atoms with Gasteiger partial charge in [-0.3, -0.25) is 9.79 Å². The Hall–Kier alpha value is -3.40. The molecule has 0 aromatic heterocycles. The van der Waals surface area contributed by atoms with Crippen molar-refractivity contribution in [1.82, 2.24) is 9.62 Å². The van der Waals surface area contributed by atoms with Crippen LogP contribution in [-0.2, 0) is 26.9 Å². The number of likely N-dealkylation sites (N-methyl/N-ethyl adjacent to an activating group) is 1. The van der Waals surface area contributed by atoms with Crippen LogP contribution >= 0.6 is 0 Å². The number of aliphatic imine (C=N–C) groups is 1. The summed E-state index contributed by atoms with van der Waals surface area (Å²) < 4.78 is 35.5. The van der Waals surface area contributed by atoms with E-state index in [0.29, 0.717) is 18.0 Å². The first-order chi connectivity index (χ1) is 19.4. The number of hydrogen-bond donors (Lipinski definition) is 1. The highest BCUT2D eigenvalue weighted by Crippen LogP contribution is 2.34. The molecular weight excluding hydrogens is 527 g/mol. The van der Waals surface area contributed by atoms with Gasteiger partial charge in [-0.05, 0) is 72.4 Å². The molecule has 1 N–H and O–H groups in total. The first-order valence-electron chi connectivity index (χ1n) is 13.6. The van der Waals surface area contributed by atoms with E-state index in [-0.39, 0.29) is 30.3 Å². The van der Waals surface area contributed by atoms with Crippen LogP contribution in [0.3, 0.4) is 0 Å². The second-order valence-corrected chi connectivity index (χ2v) is 11.5. The van der Waals surface area contributed by atoms with Crippen LogP contribution in [0.4, 0.5) is 10.1 Å². The third kappa shape index (κ3) is 6.49. The maximum Gasteiger partial charge on any atom is 0.230 e. The van der Waals surface area contributed by atoms with E-state index in [9.17, 15) is 13.4 Å². The number of rotatable bonds is 10. The minimum absolute atomic E-state index is 0.0612. The molecule has 7 nitrogen and oxygen atoms in total. The molecule has 40 heavy (non-hydrogen) atoms. The maximum atomic E-state index is 13.9. The fourth-order valence-electron chi connectivity index (χ4n) is 5.32. The Kier molecular flexibility index (Phi) is 9.04. The summed E-state index contributed by atoms with van der Waals surface area (Å²) in [6.07, 6.45) is 2.50. The molecule has 3 atom stereocenters. The number of amidine groups is 1. The standard InChI is InChI=1S/C31H35FN4O3S/c1-35-18-17-33-30(35)21-36(31(37)20-29(39-2)23-7-4-3-5-8-23)25-14-11-22-9-6-10-28(27(22)19-25)34-40(38)26-15-12-24(32)13-16-26/h3-5,7-8,11-16,19,28-29,34H,6,9-10,17-18,20-21H2,1-2H3/t28-,29?,40?/m1/s1. The van der Waals surface area contributed by atoms with Crippen LogP contribution in [0.5, 0.6) is 0 Å². The van der Waals surface area contributed by atoms with Gasteiger partial charge in [-0.2, -0.15) is 0 Å². The third-order valence-corrected chi connectivity index (χ3v) is 8.82. The minimum atomic E-state index is -1.50. The van der Waals surface area contributed by atoms with Crippen LogP contribution in [0.25, 0.3) is 0 Å². The second kappa shape index (κ2) is 12.8. The van der Waals surface area contributed by atoms with E-state index >= 15 is 0 Å². The highest BCUT2D eigenvalue weighted by Gasteiger charge is 2.28. The molecule has 0 fully saturated rings. The lowest BCUT2D eigenvalue weighted by molar-refractivity contribution is -0.121. The fraction of sp³-hybridized carbons (Fsp3) is 0.355. The van der Waals surface area contributed by atoms with Gasteiger partial charge in [0.25, 0.3) is 0 Å². The highest BCUT2D eigenvalue weighted by atomic mass is 32.2. The number of fused-ring (bicyclic) bond motifs is 1. The van der Waals surface area contributed by atoms with Crippen LogP contribution in [0.15, 0.2) is 82.7 Å². The van der Waals surface area contributed by atoms with Crippen molar-refractivity contribution < 1.29 is 18.1 Å². The van der Waals surface area contributed by atoms with E-state index in [1.54, 1.807) is 12.0 Å². The molecule has 5 rings (SSSR count). The monoisotopic (exact) mass is 562 g/mol. The highest BCUT2D eigenvalue weighted by molar-refractivity contribution is 7.83. The normalized spacial score (nSPS) is 18.1. The average Bonchev–Trinajstić information content (AvgIpc) is 3.39. The van der Waals surface area contributed by atoms with Crippen molar-refractivity contribution in [2.75, 3.05) is 38.7 Å². The largest absolute Gasteiger partial charge is 0.376 e. The molecule has 1 heterocycles. The van der Waals surface area contributed by atoms with Crippen LogP contribution in [0.1, 0.15) is 48.1 Å². The zero-order valence-electron chi connectivity index (χ0n) is 22.9. The van der Waals surface area contributed by atoms with Gasteiger partial charge in [0.15, 0.2) is 0 Å². The molecule has 3 aromatic rings. The van der Waals surface area contributed by atoms with Gasteiger partial charge in [-0.25, -0.2) is 13.3 Å². The molecule has 2 unspecified atom stereocenters.